The maximum atomic E-state index is 9.98. The van der Waals surface area contributed by atoms with Crippen molar-refractivity contribution in [3.05, 3.63) is 30.3 Å². The Morgan fingerprint density at radius 3 is 2.39 bits per heavy atom. The van der Waals surface area contributed by atoms with Gasteiger partial charge in [0.2, 0.25) is 0 Å². The number of methoxy groups -OCH3 is 2. The minimum absolute atomic E-state index is 0.229. The van der Waals surface area contributed by atoms with E-state index in [4.69, 9.17) is 14.2 Å². The van der Waals surface area contributed by atoms with Crippen molar-refractivity contribution in [3.63, 3.8) is 0 Å². The van der Waals surface area contributed by atoms with Crippen LogP contribution in [0.15, 0.2) is 30.3 Å². The van der Waals surface area contributed by atoms with E-state index in [9.17, 15) is 5.11 Å². The van der Waals surface area contributed by atoms with Gasteiger partial charge in [0.15, 0.2) is 11.5 Å². The summed E-state index contributed by atoms with van der Waals surface area (Å²) in [6.07, 6.45) is -0.562. The van der Waals surface area contributed by atoms with Gasteiger partial charge in [-0.05, 0) is 23.6 Å². The van der Waals surface area contributed by atoms with E-state index < -0.39 is 6.10 Å². The molecule has 1 unspecified atom stereocenters. The van der Waals surface area contributed by atoms with E-state index in [1.54, 1.807) is 14.2 Å². The van der Waals surface area contributed by atoms with Crippen LogP contribution in [0.1, 0.15) is 13.8 Å². The Morgan fingerprint density at radius 1 is 1.04 bits per heavy atom. The normalized spacial score (nSPS) is 12.4. The molecule has 0 spiro atoms. The summed E-state index contributed by atoms with van der Waals surface area (Å²) >= 11 is 0. The maximum Gasteiger partial charge on any atom is 0.161 e. The Bertz CT molecular complexity index is 642. The topological polar surface area (TPSA) is 60.0 Å². The van der Waals surface area contributed by atoms with Gasteiger partial charge in [-0.25, -0.2) is 0 Å². The van der Waals surface area contributed by atoms with Crippen LogP contribution in [-0.4, -0.2) is 44.6 Å². The number of benzene rings is 2. The van der Waals surface area contributed by atoms with E-state index in [-0.39, 0.29) is 6.61 Å². The zero-order valence-corrected chi connectivity index (χ0v) is 14.1. The minimum Gasteiger partial charge on any atom is -0.493 e. The van der Waals surface area contributed by atoms with Crippen LogP contribution in [0.3, 0.4) is 0 Å². The van der Waals surface area contributed by atoms with Gasteiger partial charge < -0.3 is 24.6 Å². The molecule has 126 valence electrons. The standard InChI is InChI=1S/C18H25NO4/c1-12(2)19-10-14(20)11-23-16-7-5-6-13-8-17(21-3)18(22-4)9-15(13)16/h5-9,12,14,19-20H,10-11H2,1-4H3. The third-order valence-corrected chi connectivity index (χ3v) is 3.54. The lowest BCUT2D eigenvalue weighted by Crippen LogP contribution is -2.35. The highest BCUT2D eigenvalue weighted by Gasteiger charge is 2.11. The summed E-state index contributed by atoms with van der Waals surface area (Å²) in [5.74, 6) is 2.04. The first kappa shape index (κ1) is 17.4. The van der Waals surface area contributed by atoms with Crippen LogP contribution < -0.4 is 19.5 Å². The van der Waals surface area contributed by atoms with Crippen LogP contribution >= 0.6 is 0 Å². The predicted octanol–water partition coefficient (Wildman–Crippen LogP) is 2.59. The lowest BCUT2D eigenvalue weighted by molar-refractivity contribution is 0.105. The molecular formula is C18H25NO4. The van der Waals surface area contributed by atoms with Gasteiger partial charge in [-0.1, -0.05) is 26.0 Å². The van der Waals surface area contributed by atoms with Crippen molar-refractivity contribution in [2.24, 2.45) is 0 Å². The van der Waals surface area contributed by atoms with Gasteiger partial charge in [0.25, 0.3) is 0 Å². The number of nitrogens with one attached hydrogen (secondary N) is 1. The molecule has 0 fully saturated rings. The Kier molecular flexibility index (Phi) is 6.07. The van der Waals surface area contributed by atoms with E-state index in [2.05, 4.69) is 5.32 Å². The monoisotopic (exact) mass is 319 g/mol. The first-order valence-corrected chi connectivity index (χ1v) is 7.74. The van der Waals surface area contributed by atoms with E-state index in [1.165, 1.54) is 0 Å². The summed E-state index contributed by atoms with van der Waals surface area (Å²) in [5.41, 5.74) is 0. The molecule has 2 aromatic rings. The molecule has 0 aromatic heterocycles. The number of hydrogen-bond acceptors (Lipinski definition) is 5. The summed E-state index contributed by atoms with van der Waals surface area (Å²) in [4.78, 5) is 0. The third-order valence-electron chi connectivity index (χ3n) is 3.54. The molecule has 2 rings (SSSR count). The number of aliphatic hydroxyl groups excluding tert-OH is 1. The molecule has 0 radical (unpaired) electrons. The van der Waals surface area contributed by atoms with E-state index >= 15 is 0 Å². The highest BCUT2D eigenvalue weighted by molar-refractivity contribution is 5.91. The van der Waals surface area contributed by atoms with Crippen LogP contribution in [0.2, 0.25) is 0 Å². The van der Waals surface area contributed by atoms with Crippen molar-refractivity contribution >= 4 is 10.8 Å². The summed E-state index contributed by atoms with van der Waals surface area (Å²) in [5, 5.41) is 15.1. The highest BCUT2D eigenvalue weighted by atomic mass is 16.5. The second kappa shape index (κ2) is 8.04. The third kappa shape index (κ3) is 4.50. The first-order valence-electron chi connectivity index (χ1n) is 7.74. The summed E-state index contributed by atoms with van der Waals surface area (Å²) in [6, 6.07) is 9.93. The number of hydrogen-bond donors (Lipinski definition) is 2. The molecule has 0 amide bonds. The second-order valence-electron chi connectivity index (χ2n) is 5.71. The zero-order valence-electron chi connectivity index (χ0n) is 14.1. The molecule has 1 atom stereocenters. The zero-order chi connectivity index (χ0) is 16.8. The van der Waals surface area contributed by atoms with E-state index in [1.807, 2.05) is 44.2 Å². The van der Waals surface area contributed by atoms with Crippen LogP contribution in [0.25, 0.3) is 10.8 Å². The quantitative estimate of drug-likeness (QED) is 0.783. The van der Waals surface area contributed by atoms with Crippen molar-refractivity contribution in [1.29, 1.82) is 0 Å². The van der Waals surface area contributed by atoms with Crippen LogP contribution in [-0.2, 0) is 0 Å². The molecular weight excluding hydrogens is 294 g/mol. The van der Waals surface area contributed by atoms with E-state index in [0.717, 1.165) is 10.8 Å². The van der Waals surface area contributed by atoms with Gasteiger partial charge in [-0.3, -0.25) is 0 Å². The lowest BCUT2D eigenvalue weighted by atomic mass is 10.1. The minimum atomic E-state index is -0.562. The van der Waals surface area contributed by atoms with Crippen molar-refractivity contribution in [2.45, 2.75) is 26.0 Å². The molecule has 0 saturated carbocycles. The molecule has 2 aromatic carbocycles. The van der Waals surface area contributed by atoms with Crippen LogP contribution in [0.5, 0.6) is 17.2 Å². The fourth-order valence-corrected chi connectivity index (χ4v) is 2.32. The Labute approximate surface area is 137 Å². The van der Waals surface area contributed by atoms with Gasteiger partial charge in [0.1, 0.15) is 18.5 Å². The van der Waals surface area contributed by atoms with Gasteiger partial charge in [0, 0.05) is 18.0 Å². The smallest absolute Gasteiger partial charge is 0.161 e. The van der Waals surface area contributed by atoms with E-state index in [0.29, 0.717) is 29.8 Å². The summed E-state index contributed by atoms with van der Waals surface area (Å²) in [6.45, 7) is 4.81. The molecule has 23 heavy (non-hydrogen) atoms. The average Bonchev–Trinajstić information content (AvgIpc) is 2.56. The lowest BCUT2D eigenvalue weighted by Gasteiger charge is -2.16. The molecule has 0 saturated heterocycles. The molecule has 0 aliphatic heterocycles. The molecule has 0 aliphatic carbocycles. The SMILES string of the molecule is COc1cc2cccc(OCC(O)CNC(C)C)c2cc1OC. The van der Waals surface area contributed by atoms with Crippen LogP contribution in [0, 0.1) is 0 Å². The largest absolute Gasteiger partial charge is 0.493 e. The Balaban J connectivity index is 2.17. The number of rotatable bonds is 8. The average molecular weight is 319 g/mol. The number of fused-ring (bicyclic) bond motifs is 1. The van der Waals surface area contributed by atoms with Crippen molar-refractivity contribution in [1.82, 2.24) is 5.32 Å². The first-order chi connectivity index (χ1) is 11.0. The Morgan fingerprint density at radius 2 is 1.74 bits per heavy atom. The second-order valence-corrected chi connectivity index (χ2v) is 5.71. The summed E-state index contributed by atoms with van der Waals surface area (Å²) in [7, 11) is 3.22. The number of aliphatic hydroxyl groups is 1. The van der Waals surface area contributed by atoms with Crippen molar-refractivity contribution < 1.29 is 19.3 Å². The molecule has 0 bridgehead atoms. The highest BCUT2D eigenvalue weighted by Crippen LogP contribution is 2.36. The molecule has 5 heteroatoms. The molecule has 2 N–H and O–H groups in total. The Hall–Kier alpha value is -1.98. The predicted molar refractivity (Wildman–Crippen MR) is 91.7 cm³/mol. The number of ether oxygens (including phenoxy) is 3. The summed E-state index contributed by atoms with van der Waals surface area (Å²) < 4.78 is 16.5. The fourth-order valence-electron chi connectivity index (χ4n) is 2.32. The van der Waals surface area contributed by atoms with Gasteiger partial charge >= 0.3 is 0 Å². The molecule has 5 nitrogen and oxygen atoms in total. The molecule has 0 heterocycles. The maximum absolute atomic E-state index is 9.98. The molecule has 0 aliphatic rings. The van der Waals surface area contributed by atoms with Gasteiger partial charge in [-0.2, -0.15) is 0 Å². The van der Waals surface area contributed by atoms with Gasteiger partial charge in [0.05, 0.1) is 14.2 Å². The van der Waals surface area contributed by atoms with Crippen molar-refractivity contribution in [3.8, 4) is 17.2 Å². The van der Waals surface area contributed by atoms with Crippen molar-refractivity contribution in [2.75, 3.05) is 27.4 Å². The van der Waals surface area contributed by atoms with Crippen LogP contribution in [0.4, 0.5) is 0 Å². The fraction of sp³-hybridized carbons (Fsp3) is 0.444. The van der Waals surface area contributed by atoms with Gasteiger partial charge in [-0.15, -0.1) is 0 Å².